The molecule has 0 aliphatic heterocycles. The summed E-state index contributed by atoms with van der Waals surface area (Å²) in [5, 5.41) is 9.26. The van der Waals surface area contributed by atoms with Gasteiger partial charge in [-0.3, -0.25) is 0 Å². The Bertz CT molecular complexity index is 347. The number of nitrogens with zero attached hydrogens (tertiary/aromatic N) is 1. The lowest BCUT2D eigenvalue weighted by atomic mass is 10.2. The van der Waals surface area contributed by atoms with Crippen LogP contribution in [-0.4, -0.2) is 23.2 Å². The minimum atomic E-state index is -0.486. The van der Waals surface area contributed by atoms with Gasteiger partial charge in [-0.15, -0.1) is 0 Å². The maximum atomic E-state index is 11.1. The van der Waals surface area contributed by atoms with Crippen molar-refractivity contribution in [3.05, 3.63) is 23.0 Å². The van der Waals surface area contributed by atoms with Crippen LogP contribution >= 0.6 is 0 Å². The zero-order valence-electron chi connectivity index (χ0n) is 7.79. The van der Waals surface area contributed by atoms with Crippen LogP contribution in [0.3, 0.4) is 0 Å². The Kier molecular flexibility index (Phi) is 2.51. The minimum Gasteiger partial charge on any atom is -0.506 e. The summed E-state index contributed by atoms with van der Waals surface area (Å²) in [5.41, 5.74) is 1.28. The Labute approximate surface area is 76.2 Å². The van der Waals surface area contributed by atoms with Crippen molar-refractivity contribution < 1.29 is 14.6 Å². The zero-order valence-corrected chi connectivity index (χ0v) is 7.79. The number of methoxy groups -OCH3 is 1. The number of carbonyl (C=O) groups is 1. The third-order valence-electron chi connectivity index (χ3n) is 1.76. The second-order valence-corrected chi connectivity index (χ2v) is 2.75. The average Bonchev–Trinajstić information content (AvgIpc) is 2.10. The number of aromatic nitrogens is 1. The van der Waals surface area contributed by atoms with Crippen LogP contribution < -0.4 is 0 Å². The molecule has 0 aromatic carbocycles. The van der Waals surface area contributed by atoms with Crippen molar-refractivity contribution >= 4 is 5.97 Å². The van der Waals surface area contributed by atoms with Gasteiger partial charge in [0.1, 0.15) is 5.75 Å². The Morgan fingerprint density at radius 3 is 2.69 bits per heavy atom. The summed E-state index contributed by atoms with van der Waals surface area (Å²) >= 11 is 0. The van der Waals surface area contributed by atoms with E-state index >= 15 is 0 Å². The Morgan fingerprint density at radius 1 is 1.54 bits per heavy atom. The maximum absolute atomic E-state index is 11.1. The largest absolute Gasteiger partial charge is 0.506 e. The number of aromatic hydroxyl groups is 1. The fourth-order valence-corrected chi connectivity index (χ4v) is 0.994. The van der Waals surface area contributed by atoms with Crippen molar-refractivity contribution in [3.63, 3.8) is 0 Å². The van der Waals surface area contributed by atoms with Gasteiger partial charge in [0.25, 0.3) is 0 Å². The topological polar surface area (TPSA) is 59.4 Å². The summed E-state index contributed by atoms with van der Waals surface area (Å²) in [7, 11) is 1.30. The maximum Gasteiger partial charge on any atom is 0.356 e. The molecular weight excluding hydrogens is 170 g/mol. The number of hydrogen-bond donors (Lipinski definition) is 1. The van der Waals surface area contributed by atoms with E-state index in [0.29, 0.717) is 11.3 Å². The van der Waals surface area contributed by atoms with Crippen molar-refractivity contribution in [1.29, 1.82) is 0 Å². The fraction of sp³-hybridized carbons (Fsp3) is 0.333. The quantitative estimate of drug-likeness (QED) is 0.661. The number of esters is 1. The van der Waals surface area contributed by atoms with Gasteiger partial charge in [-0.1, -0.05) is 0 Å². The summed E-state index contributed by atoms with van der Waals surface area (Å²) in [6.45, 7) is 3.32. The molecule has 4 heteroatoms. The number of hydrogen-bond acceptors (Lipinski definition) is 4. The highest BCUT2D eigenvalue weighted by Gasteiger charge is 2.12. The van der Waals surface area contributed by atoms with Crippen LogP contribution in [0.15, 0.2) is 6.07 Å². The molecule has 1 N–H and O–H groups in total. The second kappa shape index (κ2) is 3.43. The molecule has 0 saturated heterocycles. The van der Waals surface area contributed by atoms with E-state index in [1.54, 1.807) is 13.8 Å². The van der Waals surface area contributed by atoms with Gasteiger partial charge in [-0.2, -0.15) is 0 Å². The molecule has 1 heterocycles. The molecule has 1 rings (SSSR count). The highest BCUT2D eigenvalue weighted by Crippen LogP contribution is 2.17. The van der Waals surface area contributed by atoms with E-state index in [0.717, 1.165) is 0 Å². The predicted octanol–water partition coefficient (Wildman–Crippen LogP) is 1.19. The Hall–Kier alpha value is -1.58. The van der Waals surface area contributed by atoms with Gasteiger partial charge in [0.15, 0.2) is 5.69 Å². The highest BCUT2D eigenvalue weighted by molar-refractivity contribution is 5.88. The third-order valence-corrected chi connectivity index (χ3v) is 1.76. The van der Waals surface area contributed by atoms with Crippen molar-refractivity contribution in [2.75, 3.05) is 7.11 Å². The van der Waals surface area contributed by atoms with Crippen LogP contribution in [0.5, 0.6) is 5.75 Å². The molecule has 70 valence electrons. The standard InChI is InChI=1S/C9H11NO3/c1-5-4-7(11)6(2)10-8(5)9(12)13-3/h4,11H,1-3H3. The molecule has 0 aliphatic rings. The lowest BCUT2D eigenvalue weighted by molar-refractivity contribution is 0.0593. The van der Waals surface area contributed by atoms with Crippen LogP contribution in [0.4, 0.5) is 0 Å². The van der Waals surface area contributed by atoms with Gasteiger partial charge in [-0.25, -0.2) is 9.78 Å². The Balaban J connectivity index is 3.23. The van der Waals surface area contributed by atoms with Gasteiger partial charge < -0.3 is 9.84 Å². The first kappa shape index (κ1) is 9.51. The molecule has 1 aromatic heterocycles. The van der Waals surface area contributed by atoms with Crippen molar-refractivity contribution in [3.8, 4) is 5.75 Å². The lowest BCUT2D eigenvalue weighted by Crippen LogP contribution is -2.07. The molecule has 1 aromatic rings. The molecule has 13 heavy (non-hydrogen) atoms. The van der Waals surface area contributed by atoms with Crippen molar-refractivity contribution in [1.82, 2.24) is 4.98 Å². The second-order valence-electron chi connectivity index (χ2n) is 2.75. The van der Waals surface area contributed by atoms with Gasteiger partial charge in [0.05, 0.1) is 12.8 Å². The van der Waals surface area contributed by atoms with Crippen LogP contribution in [0, 0.1) is 13.8 Å². The summed E-state index contributed by atoms with van der Waals surface area (Å²) in [6.07, 6.45) is 0. The molecular formula is C9H11NO3. The van der Waals surface area contributed by atoms with E-state index in [-0.39, 0.29) is 11.4 Å². The molecule has 0 fully saturated rings. The first-order valence-electron chi connectivity index (χ1n) is 3.81. The van der Waals surface area contributed by atoms with Crippen LogP contribution in [0.1, 0.15) is 21.7 Å². The van der Waals surface area contributed by atoms with Gasteiger partial charge in [-0.05, 0) is 25.5 Å². The van der Waals surface area contributed by atoms with Gasteiger partial charge in [0, 0.05) is 0 Å². The third kappa shape index (κ3) is 1.77. The number of pyridine rings is 1. The number of rotatable bonds is 1. The van der Waals surface area contributed by atoms with E-state index < -0.39 is 5.97 Å². The summed E-state index contributed by atoms with van der Waals surface area (Å²) in [5.74, 6) is -0.397. The smallest absolute Gasteiger partial charge is 0.356 e. The Morgan fingerprint density at radius 2 is 2.15 bits per heavy atom. The molecule has 0 bridgehead atoms. The number of carbonyl (C=O) groups excluding carboxylic acids is 1. The van der Waals surface area contributed by atoms with Crippen LogP contribution in [0.25, 0.3) is 0 Å². The highest BCUT2D eigenvalue weighted by atomic mass is 16.5. The van der Waals surface area contributed by atoms with Gasteiger partial charge >= 0.3 is 5.97 Å². The van der Waals surface area contributed by atoms with Gasteiger partial charge in [0.2, 0.25) is 0 Å². The first-order chi connectivity index (χ1) is 6.06. The predicted molar refractivity (Wildman–Crippen MR) is 46.7 cm³/mol. The first-order valence-corrected chi connectivity index (χ1v) is 3.81. The summed E-state index contributed by atoms with van der Waals surface area (Å²) < 4.78 is 4.53. The molecule has 0 radical (unpaired) electrons. The summed E-state index contributed by atoms with van der Waals surface area (Å²) in [6, 6.07) is 1.49. The summed E-state index contributed by atoms with van der Waals surface area (Å²) in [4.78, 5) is 15.0. The van der Waals surface area contributed by atoms with E-state index in [4.69, 9.17) is 0 Å². The number of ether oxygens (including phenoxy) is 1. The van der Waals surface area contributed by atoms with E-state index in [2.05, 4.69) is 9.72 Å². The SMILES string of the molecule is COC(=O)c1nc(C)c(O)cc1C. The minimum absolute atomic E-state index is 0.0881. The van der Waals surface area contributed by atoms with Crippen molar-refractivity contribution in [2.24, 2.45) is 0 Å². The molecule has 4 nitrogen and oxygen atoms in total. The monoisotopic (exact) mass is 181 g/mol. The van der Waals surface area contributed by atoms with Crippen LogP contribution in [0.2, 0.25) is 0 Å². The van der Waals surface area contributed by atoms with Crippen molar-refractivity contribution in [2.45, 2.75) is 13.8 Å². The fourth-order valence-electron chi connectivity index (χ4n) is 0.994. The molecule has 0 atom stereocenters. The normalized spacial score (nSPS) is 9.77. The van der Waals surface area contributed by atoms with E-state index in [1.807, 2.05) is 0 Å². The van der Waals surface area contributed by atoms with E-state index in [9.17, 15) is 9.90 Å². The average molecular weight is 181 g/mol. The van der Waals surface area contributed by atoms with Crippen LogP contribution in [-0.2, 0) is 4.74 Å². The number of aryl methyl sites for hydroxylation is 2. The molecule has 0 unspecified atom stereocenters. The lowest BCUT2D eigenvalue weighted by Gasteiger charge is -2.05. The molecule has 0 aliphatic carbocycles. The molecule has 0 amide bonds. The van der Waals surface area contributed by atoms with E-state index in [1.165, 1.54) is 13.2 Å². The molecule has 0 saturated carbocycles. The molecule has 0 spiro atoms. The zero-order chi connectivity index (χ0) is 10.0.